The monoisotopic (exact) mass is 338 g/mol. The topological polar surface area (TPSA) is 67.0 Å². The van der Waals surface area contributed by atoms with Gasteiger partial charge in [-0.1, -0.05) is 6.92 Å². The second-order valence-corrected chi connectivity index (χ2v) is 6.64. The summed E-state index contributed by atoms with van der Waals surface area (Å²) in [7, 11) is 4.09. The van der Waals surface area contributed by atoms with Crippen molar-refractivity contribution in [1.29, 1.82) is 0 Å². The lowest BCUT2D eigenvalue weighted by atomic mass is 10.1. The minimum Gasteiger partial charge on any atom is -0.466 e. The number of likely N-dealkylation sites (N-methyl/N-ethyl adjacent to an activating group) is 1. The van der Waals surface area contributed by atoms with Crippen molar-refractivity contribution in [3.63, 3.8) is 0 Å². The molecule has 0 saturated heterocycles. The lowest BCUT2D eigenvalue weighted by Crippen LogP contribution is -3.06. The number of carbonyl (C=O) groups is 2. The quantitative estimate of drug-likeness (QED) is 0.699. The van der Waals surface area contributed by atoms with Crippen LogP contribution in [0.3, 0.4) is 0 Å². The summed E-state index contributed by atoms with van der Waals surface area (Å²) in [4.78, 5) is 27.9. The van der Waals surface area contributed by atoms with Crippen molar-refractivity contribution in [3.8, 4) is 0 Å². The van der Waals surface area contributed by atoms with E-state index in [0.29, 0.717) is 30.8 Å². The minimum absolute atomic E-state index is 0.0163. The molecule has 0 saturated carbocycles. The normalized spacial score (nSPS) is 12.3. The first-order chi connectivity index (χ1) is 11.3. The molecule has 1 heterocycles. The molecule has 1 atom stereocenters. The Morgan fingerprint density at radius 2 is 2.00 bits per heavy atom. The van der Waals surface area contributed by atoms with Crippen LogP contribution >= 0.6 is 0 Å². The number of nitrogens with zero attached hydrogens (tertiary/aromatic N) is 1. The molecule has 0 bridgehead atoms. The molecule has 6 heteroatoms. The molecule has 6 nitrogen and oxygen atoms in total. The summed E-state index contributed by atoms with van der Waals surface area (Å²) in [6.45, 7) is 9.62. The number of hydrogen-bond donors (Lipinski definition) is 2. The Morgan fingerprint density at radius 1 is 1.33 bits per heavy atom. The highest BCUT2D eigenvalue weighted by Gasteiger charge is 2.24. The number of quaternary nitrogens is 1. The van der Waals surface area contributed by atoms with Crippen molar-refractivity contribution in [1.82, 2.24) is 10.2 Å². The number of nitrogens with one attached hydrogen (secondary N) is 2. The lowest BCUT2D eigenvalue weighted by molar-refractivity contribution is -0.856. The van der Waals surface area contributed by atoms with Crippen molar-refractivity contribution < 1.29 is 18.9 Å². The third-order valence-corrected chi connectivity index (χ3v) is 4.18. The molecule has 1 rings (SSSR count). The molecule has 1 aromatic rings. The maximum absolute atomic E-state index is 12.8. The van der Waals surface area contributed by atoms with Crippen molar-refractivity contribution in [2.24, 2.45) is 0 Å². The van der Waals surface area contributed by atoms with Gasteiger partial charge in [-0.05, 0) is 33.3 Å². The van der Waals surface area contributed by atoms with Gasteiger partial charge in [-0.15, -0.1) is 0 Å². The molecule has 136 valence electrons. The van der Waals surface area contributed by atoms with E-state index in [0.717, 1.165) is 18.7 Å². The van der Waals surface area contributed by atoms with E-state index in [1.165, 1.54) is 4.90 Å². The molecule has 2 amide bonds. The SMILES string of the molecule is CC[C@H](C)N(CCC(=O)NCC[NH+](C)C)C(=O)c1cc(C)oc1C. The Balaban J connectivity index is 2.67. The van der Waals surface area contributed by atoms with Crippen molar-refractivity contribution in [3.05, 3.63) is 23.2 Å². The van der Waals surface area contributed by atoms with Crippen molar-refractivity contribution >= 4 is 11.8 Å². The Morgan fingerprint density at radius 3 is 2.50 bits per heavy atom. The highest BCUT2D eigenvalue weighted by Crippen LogP contribution is 2.18. The van der Waals surface area contributed by atoms with Gasteiger partial charge in [-0.25, -0.2) is 0 Å². The zero-order valence-corrected chi connectivity index (χ0v) is 15.9. The number of hydrogen-bond acceptors (Lipinski definition) is 3. The van der Waals surface area contributed by atoms with E-state index in [1.54, 1.807) is 17.9 Å². The van der Waals surface area contributed by atoms with Crippen LogP contribution in [-0.4, -0.2) is 56.5 Å². The fraction of sp³-hybridized carbons (Fsp3) is 0.667. The molecule has 0 aliphatic carbocycles. The maximum atomic E-state index is 12.8. The molecule has 0 aliphatic heterocycles. The zero-order chi connectivity index (χ0) is 18.3. The van der Waals surface area contributed by atoms with Crippen LogP contribution in [0.25, 0.3) is 0 Å². The van der Waals surface area contributed by atoms with Gasteiger partial charge in [0.05, 0.1) is 32.7 Å². The van der Waals surface area contributed by atoms with E-state index in [4.69, 9.17) is 4.42 Å². The maximum Gasteiger partial charge on any atom is 0.257 e. The van der Waals surface area contributed by atoms with Crippen molar-refractivity contribution in [2.75, 3.05) is 33.7 Å². The fourth-order valence-corrected chi connectivity index (χ4v) is 2.50. The molecule has 0 unspecified atom stereocenters. The standard InChI is InChI=1S/C18H31N3O3/c1-7-13(2)21(10-8-17(22)19-9-11-20(5)6)18(23)16-12-14(3)24-15(16)4/h12-13H,7-11H2,1-6H3,(H,19,22)/p+1/t13-/m0/s1. The first-order valence-corrected chi connectivity index (χ1v) is 8.70. The van der Waals surface area contributed by atoms with E-state index in [-0.39, 0.29) is 17.9 Å². The average molecular weight is 338 g/mol. The first kappa shape index (κ1) is 20.2. The molecular formula is C18H32N3O3+. The van der Waals surface area contributed by atoms with Crippen LogP contribution in [0.4, 0.5) is 0 Å². The predicted octanol–water partition coefficient (Wildman–Crippen LogP) is 0.788. The summed E-state index contributed by atoms with van der Waals surface area (Å²) >= 11 is 0. The molecule has 0 aromatic carbocycles. The van der Waals surface area contributed by atoms with E-state index >= 15 is 0 Å². The van der Waals surface area contributed by atoms with E-state index in [2.05, 4.69) is 5.32 Å². The summed E-state index contributed by atoms with van der Waals surface area (Å²) in [5, 5.41) is 2.90. The Hall–Kier alpha value is -1.82. The van der Waals surface area contributed by atoms with E-state index in [1.807, 2.05) is 34.9 Å². The predicted molar refractivity (Wildman–Crippen MR) is 94.3 cm³/mol. The minimum atomic E-state index is -0.0655. The third-order valence-electron chi connectivity index (χ3n) is 4.18. The molecule has 0 spiro atoms. The molecule has 24 heavy (non-hydrogen) atoms. The first-order valence-electron chi connectivity index (χ1n) is 8.70. The molecule has 2 N–H and O–H groups in total. The van der Waals surface area contributed by atoms with Crippen LogP contribution in [0.5, 0.6) is 0 Å². The lowest BCUT2D eigenvalue weighted by Gasteiger charge is -2.28. The highest BCUT2D eigenvalue weighted by atomic mass is 16.3. The summed E-state index contributed by atoms with van der Waals surface area (Å²) in [6.07, 6.45) is 1.15. The van der Waals surface area contributed by atoms with Gasteiger partial charge in [-0.2, -0.15) is 0 Å². The van der Waals surface area contributed by atoms with Crippen LogP contribution < -0.4 is 10.2 Å². The van der Waals surface area contributed by atoms with Gasteiger partial charge in [0.15, 0.2) is 0 Å². The number of rotatable bonds is 9. The Labute approximate surface area is 145 Å². The largest absolute Gasteiger partial charge is 0.466 e. The Bertz CT molecular complexity index is 552. The van der Waals surface area contributed by atoms with Gasteiger partial charge in [0.2, 0.25) is 5.91 Å². The van der Waals surface area contributed by atoms with E-state index < -0.39 is 0 Å². The van der Waals surface area contributed by atoms with Gasteiger partial charge in [0.25, 0.3) is 5.91 Å². The number of aryl methyl sites for hydroxylation is 2. The van der Waals surface area contributed by atoms with E-state index in [9.17, 15) is 9.59 Å². The molecular weight excluding hydrogens is 306 g/mol. The summed E-state index contributed by atoms with van der Waals surface area (Å²) in [5.41, 5.74) is 0.587. The second kappa shape index (κ2) is 9.47. The smallest absolute Gasteiger partial charge is 0.257 e. The number of furan rings is 1. The summed E-state index contributed by atoms with van der Waals surface area (Å²) < 4.78 is 5.47. The highest BCUT2D eigenvalue weighted by molar-refractivity contribution is 5.95. The second-order valence-electron chi connectivity index (χ2n) is 6.64. The summed E-state index contributed by atoms with van der Waals surface area (Å²) in [5.74, 6) is 1.27. The zero-order valence-electron chi connectivity index (χ0n) is 15.9. The third kappa shape index (κ3) is 6.00. The molecule has 0 fully saturated rings. The van der Waals surface area contributed by atoms with Crippen LogP contribution in [0.2, 0.25) is 0 Å². The number of carbonyl (C=O) groups excluding carboxylic acids is 2. The van der Waals surface area contributed by atoms with Gasteiger partial charge in [0.1, 0.15) is 11.5 Å². The number of amides is 2. The van der Waals surface area contributed by atoms with Crippen LogP contribution in [-0.2, 0) is 4.79 Å². The molecule has 0 aliphatic rings. The van der Waals surface area contributed by atoms with Crippen LogP contribution in [0.15, 0.2) is 10.5 Å². The van der Waals surface area contributed by atoms with Gasteiger partial charge < -0.3 is 19.5 Å². The van der Waals surface area contributed by atoms with Gasteiger partial charge in [0, 0.05) is 19.0 Å². The average Bonchev–Trinajstić information content (AvgIpc) is 2.85. The van der Waals surface area contributed by atoms with Gasteiger partial charge in [-0.3, -0.25) is 9.59 Å². The fourth-order valence-electron chi connectivity index (χ4n) is 2.50. The van der Waals surface area contributed by atoms with Crippen LogP contribution in [0.1, 0.15) is 48.6 Å². The van der Waals surface area contributed by atoms with Crippen LogP contribution in [0, 0.1) is 13.8 Å². The van der Waals surface area contributed by atoms with Gasteiger partial charge >= 0.3 is 0 Å². The summed E-state index contributed by atoms with van der Waals surface area (Å²) in [6, 6.07) is 1.85. The van der Waals surface area contributed by atoms with Crippen molar-refractivity contribution in [2.45, 2.75) is 46.6 Å². The Kier molecular flexibility index (Phi) is 7.98. The molecule has 0 radical (unpaired) electrons. The molecule has 1 aromatic heterocycles.